The fourth-order valence-electron chi connectivity index (χ4n) is 1.89. The van der Waals surface area contributed by atoms with Crippen LogP contribution < -0.4 is 5.32 Å². The summed E-state index contributed by atoms with van der Waals surface area (Å²) in [4.78, 5) is 17.3. The Balaban J connectivity index is 2.01. The number of aromatic nitrogens is 1. The maximum atomic E-state index is 10.9. The molecule has 1 aliphatic heterocycles. The van der Waals surface area contributed by atoms with Gasteiger partial charge in [0, 0.05) is 31.2 Å². The Morgan fingerprint density at radius 1 is 1.81 bits per heavy atom. The third-order valence-electron chi connectivity index (χ3n) is 2.86. The summed E-state index contributed by atoms with van der Waals surface area (Å²) in [7, 11) is 0. The number of hydrogen-bond acceptors (Lipinski definition) is 5. The van der Waals surface area contributed by atoms with Gasteiger partial charge in [0.1, 0.15) is 11.0 Å². The first-order valence-corrected chi connectivity index (χ1v) is 6.16. The lowest BCUT2D eigenvalue weighted by Gasteiger charge is -2.34. The van der Waals surface area contributed by atoms with Gasteiger partial charge in [-0.1, -0.05) is 0 Å². The predicted molar refractivity (Wildman–Crippen MR) is 61.5 cm³/mol. The van der Waals surface area contributed by atoms with E-state index in [4.69, 9.17) is 5.11 Å². The first-order valence-electron chi connectivity index (χ1n) is 5.28. The number of carbonyl (C=O) groups is 1. The second kappa shape index (κ2) is 4.90. The standard InChI is InChI=1S/C10H15N3O2S/c1-7(9-12-3-5-16-9)13-4-2-11-8(6-13)10(14)15/h3,5,7-8,11H,2,4,6H2,1H3,(H,14,15)/t7-,8+/m0/s1. The van der Waals surface area contributed by atoms with Gasteiger partial charge in [-0.3, -0.25) is 9.69 Å². The third-order valence-corrected chi connectivity index (χ3v) is 3.81. The minimum atomic E-state index is -0.781. The molecule has 1 aliphatic rings. The van der Waals surface area contributed by atoms with Crippen LogP contribution in [0, 0.1) is 0 Å². The van der Waals surface area contributed by atoms with Crippen molar-refractivity contribution in [2.24, 2.45) is 0 Å². The van der Waals surface area contributed by atoms with Gasteiger partial charge in [-0.25, -0.2) is 4.98 Å². The highest BCUT2D eigenvalue weighted by atomic mass is 32.1. The van der Waals surface area contributed by atoms with E-state index in [0.717, 1.165) is 11.6 Å². The molecule has 0 bridgehead atoms. The first kappa shape index (κ1) is 11.5. The Bertz CT molecular complexity index is 355. The quantitative estimate of drug-likeness (QED) is 0.809. The van der Waals surface area contributed by atoms with Crippen LogP contribution in [0.1, 0.15) is 18.0 Å². The number of aliphatic carboxylic acids is 1. The molecule has 0 radical (unpaired) electrons. The topological polar surface area (TPSA) is 65.5 Å². The molecule has 2 atom stereocenters. The highest BCUT2D eigenvalue weighted by Gasteiger charge is 2.28. The van der Waals surface area contributed by atoms with E-state index in [1.807, 2.05) is 5.38 Å². The largest absolute Gasteiger partial charge is 0.480 e. The molecule has 1 aromatic heterocycles. The number of thiazole rings is 1. The minimum Gasteiger partial charge on any atom is -0.480 e. The number of carboxylic acid groups (broad SMARTS) is 1. The molecular formula is C10H15N3O2S. The molecule has 0 saturated carbocycles. The molecule has 0 unspecified atom stereocenters. The Kier molecular flexibility index (Phi) is 3.52. The van der Waals surface area contributed by atoms with Crippen LogP contribution in [0.5, 0.6) is 0 Å². The number of nitrogens with one attached hydrogen (secondary N) is 1. The lowest BCUT2D eigenvalue weighted by atomic mass is 10.1. The summed E-state index contributed by atoms with van der Waals surface area (Å²) in [6, 6.07) is -0.264. The number of carboxylic acids is 1. The van der Waals surface area contributed by atoms with E-state index in [9.17, 15) is 4.79 Å². The number of nitrogens with zero attached hydrogens (tertiary/aromatic N) is 2. The highest BCUT2D eigenvalue weighted by Crippen LogP contribution is 2.22. The van der Waals surface area contributed by atoms with E-state index >= 15 is 0 Å². The zero-order valence-electron chi connectivity index (χ0n) is 9.09. The van der Waals surface area contributed by atoms with E-state index in [1.165, 1.54) is 0 Å². The molecule has 0 amide bonds. The minimum absolute atomic E-state index is 0.198. The summed E-state index contributed by atoms with van der Waals surface area (Å²) in [5.74, 6) is -0.781. The molecule has 0 aromatic carbocycles. The van der Waals surface area contributed by atoms with Gasteiger partial charge < -0.3 is 10.4 Å². The van der Waals surface area contributed by atoms with E-state index in [2.05, 4.69) is 22.1 Å². The van der Waals surface area contributed by atoms with Crippen molar-refractivity contribution in [1.29, 1.82) is 0 Å². The van der Waals surface area contributed by atoms with E-state index in [0.29, 0.717) is 13.1 Å². The van der Waals surface area contributed by atoms with Crippen molar-refractivity contribution in [3.05, 3.63) is 16.6 Å². The molecule has 5 nitrogen and oxygen atoms in total. The molecule has 2 rings (SSSR count). The van der Waals surface area contributed by atoms with Gasteiger partial charge in [-0.2, -0.15) is 0 Å². The van der Waals surface area contributed by atoms with E-state index < -0.39 is 12.0 Å². The van der Waals surface area contributed by atoms with Crippen molar-refractivity contribution in [1.82, 2.24) is 15.2 Å². The van der Waals surface area contributed by atoms with E-state index in [1.54, 1.807) is 17.5 Å². The first-order chi connectivity index (χ1) is 7.68. The van der Waals surface area contributed by atoms with Crippen molar-refractivity contribution in [2.75, 3.05) is 19.6 Å². The summed E-state index contributed by atoms with van der Waals surface area (Å²) in [6.45, 7) is 4.19. The van der Waals surface area contributed by atoms with Crippen molar-refractivity contribution < 1.29 is 9.90 Å². The number of piperazine rings is 1. The highest BCUT2D eigenvalue weighted by molar-refractivity contribution is 7.09. The molecule has 6 heteroatoms. The zero-order chi connectivity index (χ0) is 11.5. The summed E-state index contributed by atoms with van der Waals surface area (Å²) in [5.41, 5.74) is 0. The summed E-state index contributed by atoms with van der Waals surface area (Å²) < 4.78 is 0. The maximum Gasteiger partial charge on any atom is 0.322 e. The maximum absolute atomic E-state index is 10.9. The van der Waals surface area contributed by atoms with Crippen LogP contribution in [-0.4, -0.2) is 46.6 Å². The Hall–Kier alpha value is -0.980. The van der Waals surface area contributed by atoms with E-state index in [-0.39, 0.29) is 6.04 Å². The molecule has 88 valence electrons. The fraction of sp³-hybridized carbons (Fsp3) is 0.600. The van der Waals surface area contributed by atoms with Crippen molar-refractivity contribution in [2.45, 2.75) is 19.0 Å². The average molecular weight is 241 g/mol. The van der Waals surface area contributed by atoms with Crippen LogP contribution in [0.15, 0.2) is 11.6 Å². The Morgan fingerprint density at radius 2 is 2.62 bits per heavy atom. The molecule has 2 N–H and O–H groups in total. The van der Waals surface area contributed by atoms with Crippen LogP contribution in [0.4, 0.5) is 0 Å². The molecule has 0 aliphatic carbocycles. The normalized spacial score (nSPS) is 24.2. The van der Waals surface area contributed by atoms with Gasteiger partial charge in [0.05, 0.1) is 6.04 Å². The van der Waals surface area contributed by atoms with Gasteiger partial charge in [-0.05, 0) is 6.92 Å². The van der Waals surface area contributed by atoms with Crippen LogP contribution in [0.25, 0.3) is 0 Å². The van der Waals surface area contributed by atoms with Gasteiger partial charge >= 0.3 is 5.97 Å². The molecule has 2 heterocycles. The molecule has 1 aromatic rings. The lowest BCUT2D eigenvalue weighted by molar-refractivity contribution is -0.140. The fourth-order valence-corrected chi connectivity index (χ4v) is 2.62. The second-order valence-electron chi connectivity index (χ2n) is 3.89. The Morgan fingerprint density at radius 3 is 3.25 bits per heavy atom. The van der Waals surface area contributed by atoms with Crippen molar-refractivity contribution in [3.63, 3.8) is 0 Å². The van der Waals surface area contributed by atoms with Crippen LogP contribution >= 0.6 is 11.3 Å². The van der Waals surface area contributed by atoms with Crippen LogP contribution in [-0.2, 0) is 4.79 Å². The van der Waals surface area contributed by atoms with Crippen LogP contribution in [0.2, 0.25) is 0 Å². The van der Waals surface area contributed by atoms with Crippen molar-refractivity contribution in [3.8, 4) is 0 Å². The lowest BCUT2D eigenvalue weighted by Crippen LogP contribution is -2.54. The average Bonchev–Trinajstić information content (AvgIpc) is 2.81. The molecular weight excluding hydrogens is 226 g/mol. The van der Waals surface area contributed by atoms with Crippen LogP contribution in [0.3, 0.4) is 0 Å². The van der Waals surface area contributed by atoms with Gasteiger partial charge in [0.2, 0.25) is 0 Å². The summed E-state index contributed by atoms with van der Waals surface area (Å²) in [6.07, 6.45) is 1.79. The predicted octanol–water partition coefficient (Wildman–Crippen LogP) is 0.562. The molecule has 0 spiro atoms. The summed E-state index contributed by atoms with van der Waals surface area (Å²) >= 11 is 1.61. The molecule has 1 fully saturated rings. The van der Waals surface area contributed by atoms with Gasteiger partial charge in [-0.15, -0.1) is 11.3 Å². The monoisotopic (exact) mass is 241 g/mol. The van der Waals surface area contributed by atoms with Gasteiger partial charge in [0.15, 0.2) is 0 Å². The molecule has 16 heavy (non-hydrogen) atoms. The Labute approximate surface area is 98.1 Å². The van der Waals surface area contributed by atoms with Gasteiger partial charge in [0.25, 0.3) is 0 Å². The van der Waals surface area contributed by atoms with Crippen molar-refractivity contribution >= 4 is 17.3 Å². The zero-order valence-corrected chi connectivity index (χ0v) is 9.91. The summed E-state index contributed by atoms with van der Waals surface area (Å²) in [5, 5.41) is 15.0. The number of hydrogen-bond donors (Lipinski definition) is 2. The third kappa shape index (κ3) is 2.40. The smallest absolute Gasteiger partial charge is 0.322 e. The SMILES string of the molecule is C[C@@H](c1nccs1)N1CCN[C@@H](C(=O)O)C1. The second-order valence-corrected chi connectivity index (χ2v) is 4.81. The number of rotatable bonds is 3. The molecule has 1 saturated heterocycles.